The van der Waals surface area contributed by atoms with Crippen molar-refractivity contribution >= 4 is 55.5 Å². The van der Waals surface area contributed by atoms with E-state index in [0.29, 0.717) is 56.0 Å². The van der Waals surface area contributed by atoms with Crippen LogP contribution in [0.15, 0.2) is 43.2 Å². The molecule has 0 unspecified atom stereocenters. The Morgan fingerprint density at radius 1 is 1.15 bits per heavy atom. The maximum atomic E-state index is 15.4. The number of ether oxygens (including phenoxy) is 1. The van der Waals surface area contributed by atoms with Crippen LogP contribution in [-0.4, -0.2) is 110 Å². The van der Waals surface area contributed by atoms with Crippen molar-refractivity contribution in [1.29, 1.82) is 0 Å². The Balaban J connectivity index is 1.28. The van der Waals surface area contributed by atoms with Crippen molar-refractivity contribution in [3.63, 3.8) is 0 Å². The highest BCUT2D eigenvalue weighted by Gasteiger charge is 2.39. The Morgan fingerprint density at radius 3 is 2.58 bits per heavy atom. The maximum absolute atomic E-state index is 15.4. The first-order valence-electron chi connectivity index (χ1n) is 16.6. The lowest BCUT2D eigenvalue weighted by molar-refractivity contribution is -0.111. The van der Waals surface area contributed by atoms with E-state index in [2.05, 4.69) is 45.8 Å². The number of nitrogens with zero attached hydrogens (tertiary/aromatic N) is 6. The molecule has 0 bridgehead atoms. The normalized spacial score (nSPS) is 23.6. The zero-order valence-electron chi connectivity index (χ0n) is 28.0. The number of rotatable bonds is 10. The number of sulfone groups is 1. The Kier molecular flexibility index (Phi) is 9.86. The first-order valence-corrected chi connectivity index (χ1v) is 18.6. The van der Waals surface area contributed by atoms with E-state index in [1.165, 1.54) is 12.3 Å². The average Bonchev–Trinajstić information content (AvgIpc) is 3.05. The summed E-state index contributed by atoms with van der Waals surface area (Å²) in [6, 6.07) is 5.51. The standard InChI is InChI=1S/C34H45FN8O4S/c1-6-32(44)38-27-16-29(43-18-23(22(43)4)20-48(5,45)46)25-17-37-31(15-24(25)33(27)21(2)3)39-30-7-9-36-34(40-30)42-10-8-28(26(35)19-42)41-11-13-47-14-12-41/h6-7,9,15-17,21-23,26,28H,1,8,10-14,18-20H2,2-5H3,(H,38,44)(H,36,37,39,40)/t22-,23-,26+,28-/m1/s1. The summed E-state index contributed by atoms with van der Waals surface area (Å²) < 4.78 is 44.9. The zero-order chi connectivity index (χ0) is 34.2. The molecule has 3 aromatic rings. The molecule has 0 spiro atoms. The van der Waals surface area contributed by atoms with Gasteiger partial charge in [-0.05, 0) is 54.5 Å². The van der Waals surface area contributed by atoms with Crippen LogP contribution in [0, 0.1) is 5.92 Å². The van der Waals surface area contributed by atoms with Gasteiger partial charge in [0.05, 0.1) is 25.5 Å². The zero-order valence-corrected chi connectivity index (χ0v) is 28.8. The van der Waals surface area contributed by atoms with E-state index in [1.54, 1.807) is 18.5 Å². The van der Waals surface area contributed by atoms with Gasteiger partial charge in [0.1, 0.15) is 27.6 Å². The molecule has 5 heterocycles. The highest BCUT2D eigenvalue weighted by atomic mass is 32.2. The molecule has 3 aliphatic rings. The Bertz CT molecular complexity index is 1780. The molecule has 3 aliphatic heterocycles. The number of piperidine rings is 1. The van der Waals surface area contributed by atoms with Gasteiger partial charge in [0.15, 0.2) is 0 Å². The van der Waals surface area contributed by atoms with Crippen LogP contribution in [0.3, 0.4) is 0 Å². The summed E-state index contributed by atoms with van der Waals surface area (Å²) in [6.07, 6.45) is 5.64. The van der Waals surface area contributed by atoms with Gasteiger partial charge in [0.25, 0.3) is 0 Å². The molecule has 258 valence electrons. The molecule has 3 saturated heterocycles. The minimum absolute atomic E-state index is 0.00438. The van der Waals surface area contributed by atoms with Crippen LogP contribution in [0.5, 0.6) is 0 Å². The molecule has 2 aromatic heterocycles. The van der Waals surface area contributed by atoms with E-state index in [4.69, 9.17) is 14.7 Å². The number of amides is 1. The molecule has 0 aliphatic carbocycles. The molecule has 0 radical (unpaired) electrons. The number of fused-ring (bicyclic) bond motifs is 1. The van der Waals surface area contributed by atoms with E-state index in [1.807, 2.05) is 24.0 Å². The fourth-order valence-electron chi connectivity index (χ4n) is 7.22. The molecular formula is C34H45FN8O4S. The number of pyridine rings is 1. The second-order valence-electron chi connectivity index (χ2n) is 13.4. The lowest BCUT2D eigenvalue weighted by atomic mass is 9.88. The summed E-state index contributed by atoms with van der Waals surface area (Å²) in [5.41, 5.74) is 2.48. The molecule has 2 N–H and O–H groups in total. The summed E-state index contributed by atoms with van der Waals surface area (Å²) in [5, 5.41) is 8.11. The first-order chi connectivity index (χ1) is 22.9. The predicted octanol–water partition coefficient (Wildman–Crippen LogP) is 4.13. The van der Waals surface area contributed by atoms with E-state index in [-0.39, 0.29) is 42.1 Å². The van der Waals surface area contributed by atoms with E-state index < -0.39 is 16.0 Å². The van der Waals surface area contributed by atoms with E-state index in [0.717, 1.165) is 35.1 Å². The van der Waals surface area contributed by atoms with Gasteiger partial charge < -0.3 is 25.2 Å². The molecule has 1 amide bonds. The third kappa shape index (κ3) is 7.25. The molecule has 3 fully saturated rings. The van der Waals surface area contributed by atoms with Crippen LogP contribution in [0.1, 0.15) is 38.7 Å². The van der Waals surface area contributed by atoms with Gasteiger partial charge in [-0.25, -0.2) is 22.8 Å². The summed E-state index contributed by atoms with van der Waals surface area (Å²) in [5.74, 6) is 1.39. The number of morpholine rings is 1. The number of carbonyl (C=O) groups is 1. The van der Waals surface area contributed by atoms with Crippen LogP contribution in [-0.2, 0) is 19.4 Å². The number of alkyl halides is 1. The first kappa shape index (κ1) is 34.0. The quantitative estimate of drug-likeness (QED) is 0.300. The number of hydrogen-bond acceptors (Lipinski definition) is 11. The van der Waals surface area contributed by atoms with E-state index >= 15 is 4.39 Å². The molecule has 12 nitrogen and oxygen atoms in total. The number of aromatic nitrogens is 3. The number of nitrogens with one attached hydrogen (secondary N) is 2. The van der Waals surface area contributed by atoms with Crippen LogP contribution in [0.25, 0.3) is 10.8 Å². The van der Waals surface area contributed by atoms with Gasteiger partial charge in [0, 0.05) is 79.6 Å². The van der Waals surface area contributed by atoms with Gasteiger partial charge in [0.2, 0.25) is 11.9 Å². The van der Waals surface area contributed by atoms with Crippen molar-refractivity contribution < 1.29 is 22.3 Å². The third-order valence-corrected chi connectivity index (χ3v) is 10.7. The molecule has 1 aromatic carbocycles. The van der Waals surface area contributed by atoms with Gasteiger partial charge in [-0.2, -0.15) is 4.98 Å². The predicted molar refractivity (Wildman–Crippen MR) is 188 cm³/mol. The highest BCUT2D eigenvalue weighted by Crippen LogP contribution is 2.43. The number of anilines is 5. The molecule has 48 heavy (non-hydrogen) atoms. The van der Waals surface area contributed by atoms with Crippen molar-refractivity contribution in [2.24, 2.45) is 5.92 Å². The largest absolute Gasteiger partial charge is 0.379 e. The number of halogens is 1. The summed E-state index contributed by atoms with van der Waals surface area (Å²) in [6.45, 7) is 14.0. The topological polar surface area (TPSA) is 133 Å². The lowest BCUT2D eigenvalue weighted by Gasteiger charge is -2.48. The molecule has 14 heteroatoms. The van der Waals surface area contributed by atoms with Gasteiger partial charge in [-0.15, -0.1) is 0 Å². The maximum Gasteiger partial charge on any atom is 0.247 e. The lowest BCUT2D eigenvalue weighted by Crippen LogP contribution is -2.57. The number of hydrogen-bond donors (Lipinski definition) is 2. The Morgan fingerprint density at radius 2 is 1.92 bits per heavy atom. The fourth-order valence-corrected chi connectivity index (χ4v) is 8.38. The second-order valence-corrected chi connectivity index (χ2v) is 15.6. The third-order valence-electron chi connectivity index (χ3n) is 9.70. The summed E-state index contributed by atoms with van der Waals surface area (Å²) >= 11 is 0. The summed E-state index contributed by atoms with van der Waals surface area (Å²) in [7, 11) is -3.12. The Labute approximate surface area is 281 Å². The average molecular weight is 681 g/mol. The van der Waals surface area contributed by atoms with Crippen molar-refractivity contribution in [2.45, 2.75) is 51.4 Å². The van der Waals surface area contributed by atoms with E-state index in [9.17, 15) is 13.2 Å². The highest BCUT2D eigenvalue weighted by molar-refractivity contribution is 7.90. The van der Waals surface area contributed by atoms with Gasteiger partial charge in [-0.3, -0.25) is 9.69 Å². The van der Waals surface area contributed by atoms with Crippen molar-refractivity contribution in [3.05, 3.63) is 48.8 Å². The monoisotopic (exact) mass is 680 g/mol. The van der Waals surface area contributed by atoms with Crippen molar-refractivity contribution in [1.82, 2.24) is 19.9 Å². The van der Waals surface area contributed by atoms with Crippen LogP contribution < -0.4 is 20.4 Å². The minimum Gasteiger partial charge on any atom is -0.379 e. The fraction of sp³-hybridized carbons (Fsp3) is 0.529. The van der Waals surface area contributed by atoms with Crippen LogP contribution in [0.4, 0.5) is 33.3 Å². The molecular weight excluding hydrogens is 635 g/mol. The van der Waals surface area contributed by atoms with Gasteiger partial charge >= 0.3 is 0 Å². The summed E-state index contributed by atoms with van der Waals surface area (Å²) in [4.78, 5) is 32.7. The Hall–Kier alpha value is -3.88. The van der Waals surface area contributed by atoms with Crippen molar-refractivity contribution in [2.75, 3.05) is 78.4 Å². The molecule has 0 saturated carbocycles. The van der Waals surface area contributed by atoms with Crippen molar-refractivity contribution in [3.8, 4) is 0 Å². The molecule has 6 rings (SSSR count). The number of benzene rings is 1. The van der Waals surface area contributed by atoms with Crippen LogP contribution >= 0.6 is 0 Å². The minimum atomic E-state index is -3.12. The number of carbonyl (C=O) groups excluding carboxylic acids is 1. The van der Waals surface area contributed by atoms with Crippen LogP contribution in [0.2, 0.25) is 0 Å². The SMILES string of the molecule is C=CC(=O)Nc1cc(N2C[C@H](CS(C)(=O)=O)[C@H]2C)c2cnc(Nc3ccnc(N4CC[C@@H](N5CCOCC5)[C@@H](F)C4)n3)cc2c1C(C)C. The van der Waals surface area contributed by atoms with Gasteiger partial charge in [-0.1, -0.05) is 20.4 Å². The second kappa shape index (κ2) is 13.9. The smallest absolute Gasteiger partial charge is 0.247 e. The molecule has 4 atom stereocenters.